The first-order valence-corrected chi connectivity index (χ1v) is 10.9. The van der Waals surface area contributed by atoms with Gasteiger partial charge in [-0.25, -0.2) is 12.8 Å². The molecule has 2 unspecified atom stereocenters. The first kappa shape index (κ1) is 15.6. The fourth-order valence-corrected chi connectivity index (χ4v) is 6.98. The van der Waals surface area contributed by atoms with E-state index in [1.165, 1.54) is 29.7 Å². The number of hydrogen-bond acceptors (Lipinski definition) is 5. The fourth-order valence-electron chi connectivity index (χ4n) is 2.75. The van der Waals surface area contributed by atoms with Crippen LogP contribution in [-0.4, -0.2) is 43.2 Å². The van der Waals surface area contributed by atoms with Gasteiger partial charge in [-0.15, -0.1) is 0 Å². The van der Waals surface area contributed by atoms with Crippen LogP contribution in [0.2, 0.25) is 0 Å². The molecule has 1 aromatic rings. The zero-order chi connectivity index (χ0) is 14.9. The molecule has 2 heterocycles. The van der Waals surface area contributed by atoms with Gasteiger partial charge in [0.05, 0.1) is 10.6 Å². The molecule has 1 aromatic carbocycles. The van der Waals surface area contributed by atoms with Crippen molar-refractivity contribution in [2.75, 3.05) is 29.6 Å². The molecule has 0 spiro atoms. The Labute approximate surface area is 133 Å². The average molecular weight is 348 g/mol. The van der Waals surface area contributed by atoms with Crippen LogP contribution in [0, 0.1) is 5.82 Å². The van der Waals surface area contributed by atoms with E-state index >= 15 is 0 Å². The molecular weight excluding hydrogens is 329 g/mol. The Kier molecular flexibility index (Phi) is 4.83. The molecule has 0 aromatic heterocycles. The van der Waals surface area contributed by atoms with Crippen molar-refractivity contribution in [2.45, 2.75) is 22.6 Å². The Balaban J connectivity index is 1.76. The number of hydrogen-bond donors (Lipinski definition) is 1. The van der Waals surface area contributed by atoms with Gasteiger partial charge in [0.15, 0.2) is 9.84 Å². The van der Waals surface area contributed by atoms with Crippen LogP contribution >= 0.6 is 23.5 Å². The second-order valence-corrected chi connectivity index (χ2v) is 9.95. The minimum Gasteiger partial charge on any atom is -0.309 e. The fraction of sp³-hybridized carbons (Fsp3) is 0.571. The van der Waals surface area contributed by atoms with E-state index in [9.17, 15) is 12.8 Å². The first-order chi connectivity index (χ1) is 10.1. The number of nitrogens with one attached hydrogen (secondary N) is 1. The van der Waals surface area contributed by atoms with Crippen LogP contribution in [0.1, 0.15) is 18.0 Å². The Morgan fingerprint density at radius 1 is 1.33 bits per heavy atom. The number of rotatable bonds is 3. The molecule has 21 heavy (non-hydrogen) atoms. The molecule has 2 aliphatic heterocycles. The van der Waals surface area contributed by atoms with Crippen LogP contribution in [0.3, 0.4) is 0 Å². The van der Waals surface area contributed by atoms with Gasteiger partial charge in [-0.2, -0.15) is 23.5 Å². The van der Waals surface area contributed by atoms with Crippen LogP contribution in [0.4, 0.5) is 4.39 Å². The SMILES string of the molecule is O=S1(=O)CCC(NCC2CSCCS2)c2cc(F)ccc21. The maximum atomic E-state index is 13.5. The highest BCUT2D eigenvalue weighted by Crippen LogP contribution is 2.33. The number of fused-ring (bicyclic) bond motifs is 1. The molecule has 3 rings (SSSR count). The molecule has 0 bridgehead atoms. The molecule has 2 atom stereocenters. The summed E-state index contributed by atoms with van der Waals surface area (Å²) in [6.07, 6.45) is 0.517. The lowest BCUT2D eigenvalue weighted by Gasteiger charge is -2.29. The van der Waals surface area contributed by atoms with Gasteiger partial charge in [0.25, 0.3) is 0 Å². The van der Waals surface area contributed by atoms with Crippen molar-refractivity contribution in [3.05, 3.63) is 29.6 Å². The van der Waals surface area contributed by atoms with Crippen LogP contribution in [0.15, 0.2) is 23.1 Å². The molecule has 1 N–H and O–H groups in total. The Morgan fingerprint density at radius 3 is 2.95 bits per heavy atom. The summed E-state index contributed by atoms with van der Waals surface area (Å²) < 4.78 is 37.6. The highest BCUT2D eigenvalue weighted by molar-refractivity contribution is 8.06. The lowest BCUT2D eigenvalue weighted by atomic mass is 10.0. The molecule has 1 fully saturated rings. The van der Waals surface area contributed by atoms with Crippen LogP contribution in [0.5, 0.6) is 0 Å². The predicted octanol–water partition coefficient (Wildman–Crippen LogP) is 2.48. The van der Waals surface area contributed by atoms with Crippen molar-refractivity contribution in [1.29, 1.82) is 0 Å². The third kappa shape index (κ3) is 3.57. The van der Waals surface area contributed by atoms with Gasteiger partial charge in [-0.3, -0.25) is 0 Å². The second-order valence-electron chi connectivity index (χ2n) is 5.32. The van der Waals surface area contributed by atoms with Gasteiger partial charge in [-0.05, 0) is 30.2 Å². The number of thioether (sulfide) groups is 2. The molecule has 1 saturated heterocycles. The zero-order valence-corrected chi connectivity index (χ0v) is 14.0. The monoisotopic (exact) mass is 347 g/mol. The minimum absolute atomic E-state index is 0.0632. The van der Waals surface area contributed by atoms with Crippen molar-refractivity contribution in [1.82, 2.24) is 5.32 Å². The van der Waals surface area contributed by atoms with Crippen molar-refractivity contribution in [3.63, 3.8) is 0 Å². The second kappa shape index (κ2) is 6.48. The summed E-state index contributed by atoms with van der Waals surface area (Å²) in [6, 6.07) is 3.93. The van der Waals surface area contributed by atoms with E-state index in [1.54, 1.807) is 0 Å². The normalized spacial score (nSPS) is 28.0. The number of sulfone groups is 1. The Hall–Kier alpha value is -0.240. The maximum Gasteiger partial charge on any atom is 0.178 e. The standard InChI is InChI=1S/C14H18FNO2S3/c15-10-1-2-14-12(7-10)13(3-6-21(14,17)18)16-8-11-9-19-4-5-20-11/h1-2,7,11,13,16H,3-6,8-9H2. The largest absolute Gasteiger partial charge is 0.309 e. The van der Waals surface area contributed by atoms with Gasteiger partial charge in [0.1, 0.15) is 5.82 Å². The molecule has 0 radical (unpaired) electrons. The summed E-state index contributed by atoms with van der Waals surface area (Å²) in [5.74, 6) is 3.26. The summed E-state index contributed by atoms with van der Waals surface area (Å²) in [4.78, 5) is 0.290. The molecule has 3 nitrogen and oxygen atoms in total. The van der Waals surface area contributed by atoms with E-state index in [1.807, 2.05) is 23.5 Å². The summed E-state index contributed by atoms with van der Waals surface area (Å²) in [7, 11) is -3.25. The van der Waals surface area contributed by atoms with E-state index < -0.39 is 9.84 Å². The lowest BCUT2D eigenvalue weighted by Crippen LogP contribution is -2.35. The number of benzene rings is 1. The van der Waals surface area contributed by atoms with E-state index in [-0.39, 0.29) is 17.6 Å². The van der Waals surface area contributed by atoms with Crippen LogP contribution < -0.4 is 5.32 Å². The summed E-state index contributed by atoms with van der Waals surface area (Å²) in [6.45, 7) is 0.846. The van der Waals surface area contributed by atoms with Gasteiger partial charge in [0.2, 0.25) is 0 Å². The minimum atomic E-state index is -3.25. The van der Waals surface area contributed by atoms with E-state index in [0.29, 0.717) is 22.1 Å². The summed E-state index contributed by atoms with van der Waals surface area (Å²) in [5, 5.41) is 4.00. The zero-order valence-electron chi connectivity index (χ0n) is 11.5. The highest BCUT2D eigenvalue weighted by atomic mass is 32.2. The third-order valence-corrected chi connectivity index (χ3v) is 8.49. The lowest BCUT2D eigenvalue weighted by molar-refractivity contribution is 0.491. The number of halogens is 1. The third-order valence-electron chi connectivity index (χ3n) is 3.83. The average Bonchev–Trinajstić information content (AvgIpc) is 2.47. The highest BCUT2D eigenvalue weighted by Gasteiger charge is 2.30. The van der Waals surface area contributed by atoms with Crippen molar-refractivity contribution >= 4 is 33.4 Å². The smallest absolute Gasteiger partial charge is 0.178 e. The predicted molar refractivity (Wildman–Crippen MR) is 87.4 cm³/mol. The molecule has 7 heteroatoms. The quantitative estimate of drug-likeness (QED) is 0.851. The first-order valence-electron chi connectivity index (χ1n) is 7.01. The van der Waals surface area contributed by atoms with Crippen molar-refractivity contribution in [2.24, 2.45) is 0 Å². The topological polar surface area (TPSA) is 46.2 Å². The Bertz CT molecular complexity index is 615. The van der Waals surface area contributed by atoms with Crippen molar-refractivity contribution in [3.8, 4) is 0 Å². The van der Waals surface area contributed by atoms with Crippen molar-refractivity contribution < 1.29 is 12.8 Å². The molecule has 0 amide bonds. The van der Waals surface area contributed by atoms with Gasteiger partial charge in [0, 0.05) is 35.1 Å². The summed E-state index contributed by atoms with van der Waals surface area (Å²) in [5.41, 5.74) is 0.592. The van der Waals surface area contributed by atoms with E-state index in [2.05, 4.69) is 5.32 Å². The van der Waals surface area contributed by atoms with Gasteiger partial charge >= 0.3 is 0 Å². The van der Waals surface area contributed by atoms with E-state index in [4.69, 9.17) is 0 Å². The van der Waals surface area contributed by atoms with Gasteiger partial charge < -0.3 is 5.32 Å². The molecule has 2 aliphatic rings. The Morgan fingerprint density at radius 2 is 2.19 bits per heavy atom. The van der Waals surface area contributed by atoms with Crippen LogP contribution in [-0.2, 0) is 9.84 Å². The van der Waals surface area contributed by atoms with Gasteiger partial charge in [-0.1, -0.05) is 0 Å². The molecule has 116 valence electrons. The van der Waals surface area contributed by atoms with Crippen LogP contribution in [0.25, 0.3) is 0 Å². The maximum absolute atomic E-state index is 13.5. The van der Waals surface area contributed by atoms with E-state index in [0.717, 1.165) is 12.3 Å². The molecular formula is C14H18FNO2S3. The molecule has 0 aliphatic carbocycles. The molecule has 0 saturated carbocycles. The summed E-state index contributed by atoms with van der Waals surface area (Å²) >= 11 is 3.92.